The average molecular weight is 548 g/mol. The number of carbonyl (C=O) groups excluding carboxylic acids is 3. The number of aromatic nitrogens is 1. The van der Waals surface area contributed by atoms with E-state index in [4.69, 9.17) is 5.73 Å². The summed E-state index contributed by atoms with van der Waals surface area (Å²) < 4.78 is 41.6. The fourth-order valence-electron chi connectivity index (χ4n) is 3.77. The van der Waals surface area contributed by atoms with Crippen molar-refractivity contribution in [2.24, 2.45) is 5.73 Å². The molecule has 0 bridgehead atoms. The number of nitrogens with one attached hydrogen (secondary N) is 3. The lowest BCUT2D eigenvalue weighted by Gasteiger charge is -2.15. The summed E-state index contributed by atoms with van der Waals surface area (Å²) in [6.07, 6.45) is 2.05. The number of anilines is 1. The van der Waals surface area contributed by atoms with Crippen LogP contribution in [-0.2, 0) is 19.4 Å². The molecular formula is C24H26FN5O5S2. The lowest BCUT2D eigenvalue weighted by atomic mass is 10.0. The number of amides is 4. The monoisotopic (exact) mass is 547 g/mol. The number of benzene rings is 2. The van der Waals surface area contributed by atoms with E-state index in [0.29, 0.717) is 22.4 Å². The van der Waals surface area contributed by atoms with Gasteiger partial charge < -0.3 is 21.7 Å². The number of nitrogens with zero attached hydrogens (tertiary/aromatic N) is 1. The quantitative estimate of drug-likeness (QED) is 0.305. The minimum absolute atomic E-state index is 0.00103. The minimum atomic E-state index is -3.95. The van der Waals surface area contributed by atoms with Crippen LogP contribution >= 0.6 is 11.3 Å². The zero-order chi connectivity index (χ0) is 26.7. The Morgan fingerprint density at radius 2 is 1.89 bits per heavy atom. The first-order valence-electron chi connectivity index (χ1n) is 11.6. The van der Waals surface area contributed by atoms with Crippen molar-refractivity contribution in [2.75, 3.05) is 17.6 Å². The van der Waals surface area contributed by atoms with Gasteiger partial charge in [-0.15, -0.1) is 11.3 Å². The van der Waals surface area contributed by atoms with Crippen LogP contribution in [0.3, 0.4) is 0 Å². The van der Waals surface area contributed by atoms with Gasteiger partial charge in [0.25, 0.3) is 0 Å². The first-order valence-corrected chi connectivity index (χ1v) is 14.2. The topological polar surface area (TPSA) is 160 Å². The highest BCUT2D eigenvalue weighted by Crippen LogP contribution is 2.36. The molecule has 0 saturated heterocycles. The van der Waals surface area contributed by atoms with E-state index < -0.39 is 38.7 Å². The van der Waals surface area contributed by atoms with Crippen molar-refractivity contribution < 1.29 is 27.2 Å². The lowest BCUT2D eigenvalue weighted by Crippen LogP contribution is -2.41. The molecule has 0 spiro atoms. The second-order valence-corrected chi connectivity index (χ2v) is 12.0. The molecule has 0 radical (unpaired) electrons. The summed E-state index contributed by atoms with van der Waals surface area (Å²) in [5.74, 6) is -2.08. The van der Waals surface area contributed by atoms with E-state index in [0.717, 1.165) is 24.2 Å². The number of thiazole rings is 1. The number of nitrogens with two attached hydrogens (primary N) is 1. The molecule has 10 nitrogen and oxygen atoms in total. The molecule has 1 heterocycles. The van der Waals surface area contributed by atoms with Crippen LogP contribution in [0.4, 0.5) is 14.9 Å². The maximum Gasteiger partial charge on any atom is 0.316 e. The Kier molecular flexibility index (Phi) is 7.73. The van der Waals surface area contributed by atoms with Crippen LogP contribution in [0, 0.1) is 5.82 Å². The number of sulfone groups is 1. The maximum atomic E-state index is 15.0. The van der Waals surface area contributed by atoms with Crippen LogP contribution < -0.4 is 21.7 Å². The number of fused-ring (bicyclic) bond motifs is 1. The van der Waals surface area contributed by atoms with Gasteiger partial charge >= 0.3 is 6.03 Å². The number of carbonyl (C=O) groups is 3. The Balaban J connectivity index is 1.64. The molecule has 1 saturated carbocycles. The maximum absolute atomic E-state index is 15.0. The third kappa shape index (κ3) is 6.41. The Morgan fingerprint density at radius 1 is 1.19 bits per heavy atom. The standard InChI is InChI=1S/C24H26FN5O5S2/c1-2-9-37(34,35)21(22(32)27-12-20(31)28-14-7-8-14)23-30-18-11-17(25)16(10-19(18)36-23)13-3-5-15(6-4-13)29-24(26)33/h3-6,10-11,14,21H,2,7-9,12H2,1H3,(H,27,32)(H,28,31)(H3,26,29,33). The molecule has 196 valence electrons. The van der Waals surface area contributed by atoms with Gasteiger partial charge in [-0.25, -0.2) is 22.6 Å². The van der Waals surface area contributed by atoms with Gasteiger partial charge in [-0.2, -0.15) is 0 Å². The van der Waals surface area contributed by atoms with Crippen LogP contribution in [0.5, 0.6) is 0 Å². The van der Waals surface area contributed by atoms with Gasteiger partial charge in [0.1, 0.15) is 10.8 Å². The number of halogens is 1. The van der Waals surface area contributed by atoms with E-state index in [1.165, 1.54) is 12.1 Å². The van der Waals surface area contributed by atoms with Gasteiger partial charge in [-0.1, -0.05) is 19.1 Å². The molecular weight excluding hydrogens is 521 g/mol. The number of hydrogen-bond acceptors (Lipinski definition) is 7. The predicted octanol–water partition coefficient (Wildman–Crippen LogP) is 2.85. The lowest BCUT2D eigenvalue weighted by molar-refractivity contribution is -0.126. The van der Waals surface area contributed by atoms with Gasteiger partial charge in [0.2, 0.25) is 11.8 Å². The molecule has 4 amide bonds. The molecule has 1 unspecified atom stereocenters. The van der Waals surface area contributed by atoms with Crippen molar-refractivity contribution in [2.45, 2.75) is 37.5 Å². The highest BCUT2D eigenvalue weighted by atomic mass is 32.2. The van der Waals surface area contributed by atoms with Crippen LogP contribution in [0.1, 0.15) is 36.4 Å². The predicted molar refractivity (Wildman–Crippen MR) is 139 cm³/mol. The molecule has 2 aromatic carbocycles. The minimum Gasteiger partial charge on any atom is -0.352 e. The summed E-state index contributed by atoms with van der Waals surface area (Å²) in [4.78, 5) is 40.3. The molecule has 1 aromatic heterocycles. The average Bonchev–Trinajstić information content (AvgIpc) is 3.54. The van der Waals surface area contributed by atoms with E-state index in [2.05, 4.69) is 20.9 Å². The second kappa shape index (κ2) is 10.8. The highest BCUT2D eigenvalue weighted by Gasteiger charge is 2.37. The molecule has 0 aliphatic heterocycles. The van der Waals surface area contributed by atoms with Gasteiger partial charge in [-0.05, 0) is 43.0 Å². The van der Waals surface area contributed by atoms with E-state index in [1.807, 2.05) is 0 Å². The summed E-state index contributed by atoms with van der Waals surface area (Å²) in [5, 5.41) is 5.95. The molecule has 1 atom stereocenters. The Labute approximate surface area is 216 Å². The Hall–Kier alpha value is -3.58. The van der Waals surface area contributed by atoms with Gasteiger partial charge in [0.05, 0.1) is 22.5 Å². The summed E-state index contributed by atoms with van der Waals surface area (Å²) in [7, 11) is -3.95. The number of primary amides is 1. The summed E-state index contributed by atoms with van der Waals surface area (Å²) in [5.41, 5.74) is 6.51. The summed E-state index contributed by atoms with van der Waals surface area (Å²) in [6, 6.07) is 8.44. The van der Waals surface area contributed by atoms with Gasteiger partial charge in [-0.3, -0.25) is 9.59 Å². The molecule has 1 fully saturated rings. The molecule has 13 heteroatoms. The summed E-state index contributed by atoms with van der Waals surface area (Å²) >= 11 is 0.979. The van der Waals surface area contributed by atoms with Gasteiger partial charge in [0.15, 0.2) is 15.1 Å². The fourth-order valence-corrected chi connectivity index (χ4v) is 6.90. The van der Waals surface area contributed by atoms with Crippen LogP contribution in [0.15, 0.2) is 36.4 Å². The van der Waals surface area contributed by atoms with Crippen molar-refractivity contribution in [3.63, 3.8) is 0 Å². The van der Waals surface area contributed by atoms with E-state index in [9.17, 15) is 27.2 Å². The van der Waals surface area contributed by atoms with Crippen LogP contribution in [0.2, 0.25) is 0 Å². The molecule has 4 rings (SSSR count). The number of urea groups is 1. The molecule has 1 aliphatic carbocycles. The van der Waals surface area contributed by atoms with Crippen molar-refractivity contribution in [3.05, 3.63) is 47.2 Å². The zero-order valence-electron chi connectivity index (χ0n) is 19.9. The molecule has 1 aliphatic rings. The Bertz CT molecular complexity index is 1450. The molecule has 37 heavy (non-hydrogen) atoms. The van der Waals surface area contributed by atoms with Crippen molar-refractivity contribution in [3.8, 4) is 11.1 Å². The second-order valence-electron chi connectivity index (χ2n) is 8.73. The fraction of sp³-hybridized carbons (Fsp3) is 0.333. The SMILES string of the molecule is CCCS(=O)(=O)C(C(=O)NCC(=O)NC1CC1)c1nc2cc(F)c(-c3ccc(NC(N)=O)cc3)cc2s1. The third-order valence-corrected chi connectivity index (χ3v) is 9.00. The molecule has 5 N–H and O–H groups in total. The largest absolute Gasteiger partial charge is 0.352 e. The Morgan fingerprint density at radius 3 is 2.51 bits per heavy atom. The van der Waals surface area contributed by atoms with E-state index in [-0.39, 0.29) is 34.4 Å². The third-order valence-electron chi connectivity index (χ3n) is 5.63. The molecule has 3 aromatic rings. The first kappa shape index (κ1) is 26.5. The zero-order valence-corrected chi connectivity index (χ0v) is 21.5. The van der Waals surface area contributed by atoms with Gasteiger partial charge in [0, 0.05) is 23.4 Å². The normalized spacial score (nSPS) is 14.2. The number of hydrogen-bond donors (Lipinski definition) is 4. The van der Waals surface area contributed by atoms with Crippen LogP contribution in [0.25, 0.3) is 21.3 Å². The van der Waals surface area contributed by atoms with Crippen LogP contribution in [-0.4, -0.2) is 49.6 Å². The van der Waals surface area contributed by atoms with E-state index in [1.54, 1.807) is 31.2 Å². The summed E-state index contributed by atoms with van der Waals surface area (Å²) in [6.45, 7) is 1.33. The first-order chi connectivity index (χ1) is 17.6. The smallest absolute Gasteiger partial charge is 0.316 e. The van der Waals surface area contributed by atoms with Crippen molar-refractivity contribution >= 4 is 54.9 Å². The van der Waals surface area contributed by atoms with Crippen molar-refractivity contribution in [1.82, 2.24) is 15.6 Å². The van der Waals surface area contributed by atoms with Crippen molar-refractivity contribution in [1.29, 1.82) is 0 Å². The van der Waals surface area contributed by atoms with E-state index >= 15 is 0 Å². The highest BCUT2D eigenvalue weighted by molar-refractivity contribution is 7.92. The number of rotatable bonds is 10.